The Morgan fingerprint density at radius 2 is 1.63 bits per heavy atom. The zero-order valence-electron chi connectivity index (χ0n) is 13.9. The lowest BCUT2D eigenvalue weighted by atomic mass is 9.85. The first-order valence-electron chi connectivity index (χ1n) is 8.42. The van der Waals surface area contributed by atoms with Gasteiger partial charge >= 0.3 is 6.36 Å². The maximum Gasteiger partial charge on any atom is 0.573 e. The smallest absolute Gasteiger partial charge is 0.406 e. The predicted molar refractivity (Wildman–Crippen MR) is 86.2 cm³/mol. The Balaban J connectivity index is 1.37. The number of allylic oxidation sites excluding steroid dienone is 2. The van der Waals surface area contributed by atoms with Crippen molar-refractivity contribution in [2.75, 3.05) is 11.9 Å². The maximum atomic E-state index is 12.5. The van der Waals surface area contributed by atoms with E-state index in [1.54, 1.807) is 0 Å². The number of alkyl halides is 3. The Hall–Kier alpha value is -2.84. The summed E-state index contributed by atoms with van der Waals surface area (Å²) in [7, 11) is 0. The van der Waals surface area contributed by atoms with Crippen LogP contribution in [0.2, 0.25) is 0 Å². The van der Waals surface area contributed by atoms with Crippen molar-refractivity contribution in [1.29, 1.82) is 0 Å². The minimum Gasteiger partial charge on any atom is -0.406 e. The molecule has 4 atom stereocenters. The van der Waals surface area contributed by atoms with Gasteiger partial charge in [0, 0.05) is 5.69 Å². The van der Waals surface area contributed by atoms with Crippen LogP contribution in [0.25, 0.3) is 0 Å². The highest BCUT2D eigenvalue weighted by Crippen LogP contribution is 2.52. The number of rotatable bonds is 4. The molecule has 27 heavy (non-hydrogen) atoms. The summed E-state index contributed by atoms with van der Waals surface area (Å²) >= 11 is 0. The first-order valence-corrected chi connectivity index (χ1v) is 8.42. The molecule has 1 aliphatic heterocycles. The topological polar surface area (TPSA) is 75.7 Å². The Morgan fingerprint density at radius 3 is 2.15 bits per heavy atom. The van der Waals surface area contributed by atoms with Crippen LogP contribution in [0.15, 0.2) is 36.4 Å². The van der Waals surface area contributed by atoms with E-state index in [9.17, 15) is 27.6 Å². The molecule has 2 aliphatic carbocycles. The molecule has 1 heterocycles. The van der Waals surface area contributed by atoms with Crippen LogP contribution in [0.1, 0.15) is 6.42 Å². The molecule has 2 bridgehead atoms. The fraction of sp³-hybridized carbons (Fsp3) is 0.389. The fourth-order valence-corrected chi connectivity index (χ4v) is 4.20. The average Bonchev–Trinajstić information content (AvgIpc) is 3.25. The van der Waals surface area contributed by atoms with E-state index in [0.29, 0.717) is 0 Å². The normalized spacial score (nSPS) is 28.6. The van der Waals surface area contributed by atoms with Crippen LogP contribution in [0.3, 0.4) is 0 Å². The summed E-state index contributed by atoms with van der Waals surface area (Å²) < 4.78 is 40.2. The number of nitrogens with one attached hydrogen (secondary N) is 1. The van der Waals surface area contributed by atoms with E-state index in [-0.39, 0.29) is 41.2 Å². The Kier molecular flexibility index (Phi) is 3.97. The van der Waals surface area contributed by atoms with Crippen LogP contribution < -0.4 is 10.1 Å². The minimum absolute atomic E-state index is 0.0608. The van der Waals surface area contributed by atoms with E-state index in [2.05, 4.69) is 10.1 Å². The van der Waals surface area contributed by atoms with Gasteiger partial charge in [-0.1, -0.05) is 12.2 Å². The molecule has 3 aliphatic rings. The third-order valence-electron chi connectivity index (χ3n) is 5.24. The lowest BCUT2D eigenvalue weighted by Gasteiger charge is -2.17. The number of ether oxygens (including phenoxy) is 1. The molecule has 1 saturated heterocycles. The number of likely N-dealkylation sites (tertiary alicyclic amines) is 1. The Labute approximate surface area is 152 Å². The SMILES string of the molecule is O=C(CN1C(=O)[C@@H]2[C@H](C1=O)[C@@H]1C=C[C@@H]2C1)Nc1ccc(OC(F)(F)F)cc1. The zero-order valence-corrected chi connectivity index (χ0v) is 13.9. The molecular formula is C18H15F3N2O4. The van der Waals surface area contributed by atoms with E-state index in [4.69, 9.17) is 0 Å². The standard InChI is InChI=1S/C18H15F3N2O4/c19-18(20,21)27-12-5-3-11(4-6-12)22-13(24)8-23-16(25)14-9-1-2-10(7-9)15(14)17(23)26/h1-6,9-10,14-15H,7-8H2,(H,22,24)/t9-,10-,14-,15+/m1/s1. The molecule has 9 heteroatoms. The minimum atomic E-state index is -4.80. The van der Waals surface area contributed by atoms with Crippen molar-refractivity contribution < 1.29 is 32.3 Å². The second-order valence-corrected chi connectivity index (χ2v) is 6.88. The third kappa shape index (κ3) is 3.17. The van der Waals surface area contributed by atoms with Crippen molar-refractivity contribution in [2.45, 2.75) is 12.8 Å². The van der Waals surface area contributed by atoms with Crippen LogP contribution >= 0.6 is 0 Å². The van der Waals surface area contributed by atoms with Gasteiger partial charge in [-0.3, -0.25) is 19.3 Å². The van der Waals surface area contributed by atoms with Crippen molar-refractivity contribution in [3.63, 3.8) is 0 Å². The number of benzene rings is 1. The first-order chi connectivity index (χ1) is 12.7. The molecule has 1 aromatic rings. The Bertz CT molecular complexity index is 804. The molecule has 1 aromatic carbocycles. The van der Waals surface area contributed by atoms with Crippen LogP contribution in [0.5, 0.6) is 5.75 Å². The number of carbonyl (C=O) groups is 3. The maximum absolute atomic E-state index is 12.5. The van der Waals surface area contributed by atoms with E-state index >= 15 is 0 Å². The number of fused-ring (bicyclic) bond motifs is 5. The van der Waals surface area contributed by atoms with Gasteiger partial charge in [0.2, 0.25) is 17.7 Å². The van der Waals surface area contributed by atoms with E-state index in [0.717, 1.165) is 23.5 Å². The highest BCUT2D eigenvalue weighted by molar-refractivity contribution is 6.09. The molecule has 1 saturated carbocycles. The molecule has 0 radical (unpaired) electrons. The van der Waals surface area contributed by atoms with E-state index in [1.165, 1.54) is 12.1 Å². The highest BCUT2D eigenvalue weighted by Gasteiger charge is 2.59. The summed E-state index contributed by atoms with van der Waals surface area (Å²) in [6, 6.07) is 4.60. The molecular weight excluding hydrogens is 365 g/mol. The van der Waals surface area contributed by atoms with E-state index < -0.39 is 24.6 Å². The number of hydrogen-bond donors (Lipinski definition) is 1. The monoisotopic (exact) mass is 380 g/mol. The third-order valence-corrected chi connectivity index (χ3v) is 5.24. The number of hydrogen-bond acceptors (Lipinski definition) is 4. The van der Waals surface area contributed by atoms with Gasteiger partial charge in [-0.15, -0.1) is 13.2 Å². The number of nitrogens with zero attached hydrogens (tertiary/aromatic N) is 1. The molecule has 4 rings (SSSR count). The van der Waals surface area contributed by atoms with Crippen molar-refractivity contribution in [3.05, 3.63) is 36.4 Å². The van der Waals surface area contributed by atoms with Gasteiger partial charge in [0.05, 0.1) is 11.8 Å². The number of carbonyl (C=O) groups excluding carboxylic acids is 3. The number of amides is 3. The van der Waals surface area contributed by atoms with Gasteiger partial charge in [0.15, 0.2) is 0 Å². The van der Waals surface area contributed by atoms with Gasteiger partial charge in [0.25, 0.3) is 0 Å². The van der Waals surface area contributed by atoms with Crippen molar-refractivity contribution in [1.82, 2.24) is 4.90 Å². The number of halogens is 3. The molecule has 0 unspecified atom stereocenters. The molecule has 0 aromatic heterocycles. The van der Waals surface area contributed by atoms with Gasteiger partial charge in [-0.25, -0.2) is 0 Å². The summed E-state index contributed by atoms with van der Waals surface area (Å²) in [6.07, 6.45) is -0.0664. The van der Waals surface area contributed by atoms with Crippen LogP contribution in [-0.4, -0.2) is 35.5 Å². The van der Waals surface area contributed by atoms with Crippen LogP contribution in [0.4, 0.5) is 18.9 Å². The molecule has 142 valence electrons. The summed E-state index contributed by atoms with van der Waals surface area (Å²) in [4.78, 5) is 38.2. The lowest BCUT2D eigenvalue weighted by Crippen LogP contribution is -2.39. The van der Waals surface area contributed by atoms with Gasteiger partial charge < -0.3 is 10.1 Å². The zero-order chi connectivity index (χ0) is 19.3. The van der Waals surface area contributed by atoms with Crippen molar-refractivity contribution in [2.24, 2.45) is 23.7 Å². The molecule has 1 N–H and O–H groups in total. The average molecular weight is 380 g/mol. The van der Waals surface area contributed by atoms with E-state index in [1.807, 2.05) is 12.2 Å². The van der Waals surface area contributed by atoms with Crippen LogP contribution in [-0.2, 0) is 14.4 Å². The highest BCUT2D eigenvalue weighted by atomic mass is 19.4. The lowest BCUT2D eigenvalue weighted by molar-refractivity contribution is -0.274. The number of anilines is 1. The van der Waals surface area contributed by atoms with Gasteiger partial charge in [-0.2, -0.15) is 0 Å². The molecule has 2 fully saturated rings. The first kappa shape index (κ1) is 17.6. The summed E-state index contributed by atoms with van der Waals surface area (Å²) in [5.41, 5.74) is 0.232. The largest absolute Gasteiger partial charge is 0.573 e. The van der Waals surface area contributed by atoms with Crippen LogP contribution in [0, 0.1) is 23.7 Å². The molecule has 3 amide bonds. The fourth-order valence-electron chi connectivity index (χ4n) is 4.20. The molecule has 0 spiro atoms. The summed E-state index contributed by atoms with van der Waals surface area (Å²) in [5, 5.41) is 2.47. The van der Waals surface area contributed by atoms with Gasteiger partial charge in [0.1, 0.15) is 12.3 Å². The second kappa shape index (κ2) is 6.11. The molecule has 6 nitrogen and oxygen atoms in total. The quantitative estimate of drug-likeness (QED) is 0.643. The second-order valence-electron chi connectivity index (χ2n) is 6.88. The van der Waals surface area contributed by atoms with Gasteiger partial charge in [-0.05, 0) is 42.5 Å². The predicted octanol–water partition coefficient (Wildman–Crippen LogP) is 2.33. The van der Waals surface area contributed by atoms with Crippen molar-refractivity contribution in [3.8, 4) is 5.75 Å². The summed E-state index contributed by atoms with van der Waals surface area (Å²) in [6.45, 7) is -0.412. The number of imide groups is 1. The summed E-state index contributed by atoms with van der Waals surface area (Å²) in [5.74, 6) is -2.30. The Morgan fingerprint density at radius 1 is 1.07 bits per heavy atom. The van der Waals surface area contributed by atoms with Crippen molar-refractivity contribution >= 4 is 23.4 Å².